The number of hydrogen-bond donors (Lipinski definition) is 0. The van der Waals surface area contributed by atoms with Crippen LogP contribution in [0.4, 0.5) is 0 Å². The molecule has 0 aliphatic heterocycles. The van der Waals surface area contributed by atoms with Crippen molar-refractivity contribution in [2.75, 3.05) is 6.61 Å². The van der Waals surface area contributed by atoms with Gasteiger partial charge >= 0.3 is 0 Å². The summed E-state index contributed by atoms with van der Waals surface area (Å²) in [6.45, 7) is 4.71. The molecule has 2 rings (SSSR count). The Hall–Kier alpha value is -1.19. The molecule has 2 aromatic rings. The van der Waals surface area contributed by atoms with Crippen LogP contribution in [0.15, 0.2) is 35.7 Å². The second kappa shape index (κ2) is 5.23. The Morgan fingerprint density at radius 1 is 1.31 bits per heavy atom. The number of benzene rings is 1. The number of ether oxygens (including phenoxy) is 1. The highest BCUT2D eigenvalue weighted by molar-refractivity contribution is 7.09. The molecule has 2 nitrogen and oxygen atoms in total. The van der Waals surface area contributed by atoms with Gasteiger partial charge in [-0.2, -0.15) is 0 Å². The van der Waals surface area contributed by atoms with E-state index in [4.69, 9.17) is 4.74 Å². The molecular weight excluding hydrogens is 218 g/mol. The molecule has 1 aromatic heterocycles. The van der Waals surface area contributed by atoms with Crippen LogP contribution in [0, 0.1) is 6.92 Å². The zero-order chi connectivity index (χ0) is 11.4. The van der Waals surface area contributed by atoms with Crippen LogP contribution in [0.2, 0.25) is 0 Å². The molecule has 1 unspecified atom stereocenters. The van der Waals surface area contributed by atoms with Crippen molar-refractivity contribution in [3.8, 4) is 0 Å². The highest BCUT2D eigenvalue weighted by Crippen LogP contribution is 2.28. The van der Waals surface area contributed by atoms with Gasteiger partial charge in [-0.15, -0.1) is 11.3 Å². The van der Waals surface area contributed by atoms with Crippen molar-refractivity contribution in [1.82, 2.24) is 4.98 Å². The van der Waals surface area contributed by atoms with E-state index in [1.54, 1.807) is 11.3 Å². The molecule has 0 radical (unpaired) electrons. The molecule has 1 heterocycles. The highest BCUT2D eigenvalue weighted by Gasteiger charge is 2.16. The number of rotatable bonds is 4. The van der Waals surface area contributed by atoms with E-state index in [9.17, 15) is 0 Å². The van der Waals surface area contributed by atoms with Crippen LogP contribution < -0.4 is 0 Å². The highest BCUT2D eigenvalue weighted by atomic mass is 32.1. The monoisotopic (exact) mass is 233 g/mol. The lowest BCUT2D eigenvalue weighted by Gasteiger charge is -2.14. The first kappa shape index (κ1) is 11.3. The van der Waals surface area contributed by atoms with E-state index >= 15 is 0 Å². The fraction of sp³-hybridized carbons (Fsp3) is 0.308. The van der Waals surface area contributed by atoms with Crippen molar-refractivity contribution in [3.63, 3.8) is 0 Å². The number of aromatic nitrogens is 1. The third kappa shape index (κ3) is 2.49. The summed E-state index contributed by atoms with van der Waals surface area (Å²) in [4.78, 5) is 4.50. The summed E-state index contributed by atoms with van der Waals surface area (Å²) in [5.74, 6) is 0. The third-order valence-electron chi connectivity index (χ3n) is 2.30. The SMILES string of the molecule is CCOC(c1ccccc1)c1nc(C)cs1. The van der Waals surface area contributed by atoms with Crippen LogP contribution in [0.5, 0.6) is 0 Å². The first-order valence-electron chi connectivity index (χ1n) is 5.40. The van der Waals surface area contributed by atoms with Gasteiger partial charge in [0.15, 0.2) is 0 Å². The van der Waals surface area contributed by atoms with Gasteiger partial charge in [-0.05, 0) is 19.4 Å². The summed E-state index contributed by atoms with van der Waals surface area (Å²) in [7, 11) is 0. The Bertz CT molecular complexity index is 438. The van der Waals surface area contributed by atoms with Crippen molar-refractivity contribution in [2.24, 2.45) is 0 Å². The van der Waals surface area contributed by atoms with E-state index in [-0.39, 0.29) is 6.10 Å². The van der Waals surface area contributed by atoms with Crippen LogP contribution in [-0.2, 0) is 4.74 Å². The minimum atomic E-state index is -0.0232. The second-order valence-corrected chi connectivity index (χ2v) is 4.46. The minimum Gasteiger partial charge on any atom is -0.367 e. The maximum absolute atomic E-state index is 5.78. The predicted molar refractivity (Wildman–Crippen MR) is 66.8 cm³/mol. The van der Waals surface area contributed by atoms with E-state index in [0.717, 1.165) is 10.7 Å². The molecule has 3 heteroatoms. The fourth-order valence-corrected chi connectivity index (χ4v) is 2.47. The quantitative estimate of drug-likeness (QED) is 0.805. The maximum atomic E-state index is 5.78. The van der Waals surface area contributed by atoms with Gasteiger partial charge in [-0.3, -0.25) is 0 Å². The van der Waals surface area contributed by atoms with Crippen molar-refractivity contribution in [1.29, 1.82) is 0 Å². The average Bonchev–Trinajstić information content (AvgIpc) is 2.74. The van der Waals surface area contributed by atoms with Gasteiger partial charge in [0.25, 0.3) is 0 Å². The zero-order valence-electron chi connectivity index (χ0n) is 9.51. The molecule has 0 amide bonds. The summed E-state index contributed by atoms with van der Waals surface area (Å²) in [5.41, 5.74) is 2.22. The molecule has 0 aliphatic carbocycles. The largest absolute Gasteiger partial charge is 0.367 e. The van der Waals surface area contributed by atoms with Gasteiger partial charge in [-0.25, -0.2) is 4.98 Å². The van der Waals surface area contributed by atoms with E-state index in [1.807, 2.05) is 32.0 Å². The van der Waals surface area contributed by atoms with Crippen molar-refractivity contribution in [3.05, 3.63) is 52.0 Å². The molecule has 1 atom stereocenters. The molecule has 1 aromatic carbocycles. The van der Waals surface area contributed by atoms with E-state index in [1.165, 1.54) is 5.56 Å². The number of nitrogens with zero attached hydrogens (tertiary/aromatic N) is 1. The second-order valence-electron chi connectivity index (χ2n) is 3.57. The molecule has 16 heavy (non-hydrogen) atoms. The lowest BCUT2D eigenvalue weighted by atomic mass is 10.1. The van der Waals surface area contributed by atoms with E-state index < -0.39 is 0 Å². The van der Waals surface area contributed by atoms with Crippen molar-refractivity contribution >= 4 is 11.3 Å². The molecule has 0 saturated carbocycles. The Labute approximate surface area is 99.9 Å². The van der Waals surface area contributed by atoms with Gasteiger partial charge in [-0.1, -0.05) is 30.3 Å². The van der Waals surface area contributed by atoms with Crippen molar-refractivity contribution in [2.45, 2.75) is 20.0 Å². The standard InChI is InChI=1S/C13H15NOS/c1-3-15-12(11-7-5-4-6-8-11)13-14-10(2)9-16-13/h4-9,12H,3H2,1-2H3. The molecule has 0 aliphatic rings. The van der Waals surface area contributed by atoms with Crippen LogP contribution in [0.25, 0.3) is 0 Å². The van der Waals surface area contributed by atoms with Gasteiger partial charge < -0.3 is 4.74 Å². The van der Waals surface area contributed by atoms with E-state index in [0.29, 0.717) is 6.61 Å². The number of aryl methyl sites for hydroxylation is 1. The Morgan fingerprint density at radius 2 is 2.06 bits per heavy atom. The lowest BCUT2D eigenvalue weighted by Crippen LogP contribution is -2.05. The molecule has 0 N–H and O–H groups in total. The fourth-order valence-electron chi connectivity index (χ4n) is 1.60. The molecule has 0 saturated heterocycles. The summed E-state index contributed by atoms with van der Waals surface area (Å²) in [5, 5.41) is 3.09. The van der Waals surface area contributed by atoms with Crippen LogP contribution in [0.1, 0.15) is 29.3 Å². The summed E-state index contributed by atoms with van der Waals surface area (Å²) >= 11 is 1.66. The third-order valence-corrected chi connectivity index (χ3v) is 3.30. The van der Waals surface area contributed by atoms with E-state index in [2.05, 4.69) is 22.5 Å². The van der Waals surface area contributed by atoms with Crippen LogP contribution in [-0.4, -0.2) is 11.6 Å². The normalized spacial score (nSPS) is 12.6. The van der Waals surface area contributed by atoms with Gasteiger partial charge in [0, 0.05) is 17.7 Å². The van der Waals surface area contributed by atoms with Gasteiger partial charge in [0.1, 0.15) is 11.1 Å². The minimum absolute atomic E-state index is 0.0232. The van der Waals surface area contributed by atoms with Gasteiger partial charge in [0.05, 0.1) is 0 Å². The Morgan fingerprint density at radius 3 is 2.62 bits per heavy atom. The van der Waals surface area contributed by atoms with Gasteiger partial charge in [0.2, 0.25) is 0 Å². The molecule has 0 bridgehead atoms. The zero-order valence-corrected chi connectivity index (χ0v) is 10.3. The molecule has 0 fully saturated rings. The molecule has 84 valence electrons. The number of thiazole rings is 1. The first-order valence-corrected chi connectivity index (χ1v) is 6.27. The predicted octanol–water partition coefficient (Wildman–Crippen LogP) is 3.58. The Kier molecular flexibility index (Phi) is 3.70. The Balaban J connectivity index is 2.31. The van der Waals surface area contributed by atoms with Crippen LogP contribution >= 0.6 is 11.3 Å². The van der Waals surface area contributed by atoms with Crippen LogP contribution in [0.3, 0.4) is 0 Å². The van der Waals surface area contributed by atoms with Crippen molar-refractivity contribution < 1.29 is 4.74 Å². The maximum Gasteiger partial charge on any atom is 0.134 e. The first-order chi connectivity index (χ1) is 7.81. The summed E-state index contributed by atoms with van der Waals surface area (Å²) < 4.78 is 5.78. The molecule has 0 spiro atoms. The average molecular weight is 233 g/mol. The molecular formula is C13H15NOS. The lowest BCUT2D eigenvalue weighted by molar-refractivity contribution is 0.0911. The topological polar surface area (TPSA) is 22.1 Å². The smallest absolute Gasteiger partial charge is 0.134 e. The number of hydrogen-bond acceptors (Lipinski definition) is 3. The summed E-state index contributed by atoms with van der Waals surface area (Å²) in [6, 6.07) is 10.2. The summed E-state index contributed by atoms with van der Waals surface area (Å²) in [6.07, 6.45) is -0.0232.